The second kappa shape index (κ2) is 5.51. The smallest absolute Gasteiger partial charge is 0.371 e. The Morgan fingerprint density at radius 3 is 2.67 bits per heavy atom. The molecule has 0 bridgehead atoms. The Hall–Kier alpha value is -0.710. The summed E-state index contributed by atoms with van der Waals surface area (Å²) in [5.74, 6) is 0.491. The van der Waals surface area contributed by atoms with Gasteiger partial charge in [0.15, 0.2) is 0 Å². The molecule has 1 heterocycles. The quantitative estimate of drug-likeness (QED) is 0.749. The summed E-state index contributed by atoms with van der Waals surface area (Å²) >= 11 is 3.38. The molecule has 1 nitrogen and oxygen atoms in total. The summed E-state index contributed by atoms with van der Waals surface area (Å²) < 4.78 is 38.7. The van der Waals surface area contributed by atoms with Crippen LogP contribution in [0.25, 0.3) is 0 Å². The summed E-state index contributed by atoms with van der Waals surface area (Å²) in [6, 6.07) is 5.84. The minimum absolute atomic E-state index is 0.321. The number of hydrogen-bond donors (Lipinski definition) is 0. The van der Waals surface area contributed by atoms with Gasteiger partial charge >= 0.3 is 6.18 Å². The van der Waals surface area contributed by atoms with Crippen LogP contribution in [-0.2, 0) is 6.18 Å². The van der Waals surface area contributed by atoms with Crippen LogP contribution in [0.2, 0.25) is 0 Å². The number of halogens is 4. The van der Waals surface area contributed by atoms with Crippen LogP contribution in [0, 0.1) is 5.92 Å². The third-order valence-electron chi connectivity index (χ3n) is 3.35. The van der Waals surface area contributed by atoms with Gasteiger partial charge in [0, 0.05) is 24.1 Å². The molecular formula is C13H15BrF3N. The van der Waals surface area contributed by atoms with E-state index in [2.05, 4.69) is 15.9 Å². The maximum atomic E-state index is 12.9. The molecule has 1 aliphatic heterocycles. The number of rotatable bonds is 3. The van der Waals surface area contributed by atoms with Gasteiger partial charge in [0.1, 0.15) is 0 Å². The van der Waals surface area contributed by atoms with Crippen LogP contribution in [0.4, 0.5) is 18.9 Å². The first-order valence-electron chi connectivity index (χ1n) is 5.99. The van der Waals surface area contributed by atoms with Crippen molar-refractivity contribution in [3.8, 4) is 0 Å². The predicted octanol–water partition coefficient (Wildman–Crippen LogP) is 4.32. The predicted molar refractivity (Wildman–Crippen MR) is 70.2 cm³/mol. The molecule has 1 saturated heterocycles. The number of benzene rings is 1. The van der Waals surface area contributed by atoms with Gasteiger partial charge in [-0.1, -0.05) is 28.1 Å². The molecule has 0 aliphatic carbocycles. The fourth-order valence-electron chi connectivity index (χ4n) is 2.43. The summed E-state index contributed by atoms with van der Waals surface area (Å²) in [6.45, 7) is 1.43. The number of nitrogens with zero attached hydrogens (tertiary/aromatic N) is 1. The van der Waals surface area contributed by atoms with Gasteiger partial charge in [-0.2, -0.15) is 13.2 Å². The Kier molecular flexibility index (Phi) is 4.20. The van der Waals surface area contributed by atoms with E-state index in [0.717, 1.165) is 30.8 Å². The van der Waals surface area contributed by atoms with Gasteiger partial charge in [-0.05, 0) is 30.9 Å². The van der Waals surface area contributed by atoms with Gasteiger partial charge in [0.25, 0.3) is 0 Å². The molecule has 18 heavy (non-hydrogen) atoms. The maximum Gasteiger partial charge on any atom is 0.418 e. The van der Waals surface area contributed by atoms with Crippen LogP contribution >= 0.6 is 15.9 Å². The third-order valence-corrected chi connectivity index (χ3v) is 3.81. The fraction of sp³-hybridized carbons (Fsp3) is 0.538. The van der Waals surface area contributed by atoms with Crippen molar-refractivity contribution in [2.45, 2.75) is 19.0 Å². The first-order chi connectivity index (χ1) is 8.52. The van der Waals surface area contributed by atoms with E-state index in [1.807, 2.05) is 4.90 Å². The van der Waals surface area contributed by atoms with Crippen molar-refractivity contribution in [1.29, 1.82) is 0 Å². The van der Waals surface area contributed by atoms with Crippen molar-refractivity contribution in [2.24, 2.45) is 5.92 Å². The highest BCUT2D eigenvalue weighted by Gasteiger charge is 2.35. The van der Waals surface area contributed by atoms with Gasteiger partial charge in [-0.15, -0.1) is 0 Å². The molecule has 0 N–H and O–H groups in total. The Balaban J connectivity index is 2.19. The monoisotopic (exact) mass is 321 g/mol. The van der Waals surface area contributed by atoms with E-state index < -0.39 is 11.7 Å². The van der Waals surface area contributed by atoms with Crippen molar-refractivity contribution in [1.82, 2.24) is 0 Å². The fourth-order valence-corrected chi connectivity index (χ4v) is 3.08. The molecular weight excluding hydrogens is 307 g/mol. The van der Waals surface area contributed by atoms with Gasteiger partial charge in [0.2, 0.25) is 0 Å². The molecule has 1 fully saturated rings. The van der Waals surface area contributed by atoms with E-state index in [4.69, 9.17) is 0 Å². The van der Waals surface area contributed by atoms with Crippen LogP contribution < -0.4 is 4.90 Å². The lowest BCUT2D eigenvalue weighted by Crippen LogP contribution is -2.23. The molecule has 0 radical (unpaired) electrons. The average Bonchev–Trinajstić information content (AvgIpc) is 2.77. The first kappa shape index (κ1) is 13.7. The van der Waals surface area contributed by atoms with E-state index in [-0.39, 0.29) is 0 Å². The van der Waals surface area contributed by atoms with E-state index in [1.54, 1.807) is 12.1 Å². The van der Waals surface area contributed by atoms with Gasteiger partial charge < -0.3 is 4.90 Å². The average molecular weight is 322 g/mol. The zero-order valence-electron chi connectivity index (χ0n) is 9.88. The molecule has 1 atom stereocenters. The Bertz CT molecular complexity index is 405. The SMILES string of the molecule is FC(F)(F)c1ccccc1N1CCC(CCBr)C1. The molecule has 0 amide bonds. The van der Waals surface area contributed by atoms with E-state index in [0.29, 0.717) is 18.2 Å². The molecule has 1 aromatic rings. The largest absolute Gasteiger partial charge is 0.418 e. The third kappa shape index (κ3) is 2.99. The molecule has 0 spiro atoms. The van der Waals surface area contributed by atoms with Crippen molar-refractivity contribution < 1.29 is 13.2 Å². The van der Waals surface area contributed by atoms with Gasteiger partial charge in [-0.3, -0.25) is 0 Å². The minimum atomic E-state index is -4.27. The number of anilines is 1. The number of hydrogen-bond acceptors (Lipinski definition) is 1. The van der Waals surface area contributed by atoms with E-state index in [1.165, 1.54) is 6.07 Å². The van der Waals surface area contributed by atoms with Gasteiger partial charge in [0.05, 0.1) is 5.56 Å². The van der Waals surface area contributed by atoms with E-state index >= 15 is 0 Å². The van der Waals surface area contributed by atoms with E-state index in [9.17, 15) is 13.2 Å². The molecule has 2 rings (SSSR count). The normalized spacial score (nSPS) is 20.4. The molecule has 1 aliphatic rings. The molecule has 5 heteroatoms. The molecule has 0 saturated carbocycles. The zero-order valence-corrected chi connectivity index (χ0v) is 11.5. The maximum absolute atomic E-state index is 12.9. The lowest BCUT2D eigenvalue weighted by atomic mass is 10.1. The first-order valence-corrected chi connectivity index (χ1v) is 7.11. The molecule has 0 aromatic heterocycles. The van der Waals surface area contributed by atoms with Crippen molar-refractivity contribution in [3.05, 3.63) is 29.8 Å². The van der Waals surface area contributed by atoms with Crippen molar-refractivity contribution >= 4 is 21.6 Å². The standard InChI is InChI=1S/C13H15BrF3N/c14-7-5-10-6-8-18(9-10)12-4-2-1-3-11(12)13(15,16)17/h1-4,10H,5-9H2. The summed E-state index contributed by atoms with van der Waals surface area (Å²) in [4.78, 5) is 1.86. The summed E-state index contributed by atoms with van der Waals surface area (Å²) in [7, 11) is 0. The highest BCUT2D eigenvalue weighted by Crippen LogP contribution is 2.38. The minimum Gasteiger partial charge on any atom is -0.371 e. The lowest BCUT2D eigenvalue weighted by Gasteiger charge is -2.23. The second-order valence-corrected chi connectivity index (χ2v) is 5.39. The van der Waals surface area contributed by atoms with Crippen LogP contribution in [0.15, 0.2) is 24.3 Å². The Morgan fingerprint density at radius 2 is 2.00 bits per heavy atom. The van der Waals surface area contributed by atoms with Crippen molar-refractivity contribution in [3.63, 3.8) is 0 Å². The number of para-hydroxylation sites is 1. The summed E-state index contributed by atoms with van der Waals surface area (Å²) in [5.41, 5.74) is -0.202. The van der Waals surface area contributed by atoms with Crippen molar-refractivity contribution in [2.75, 3.05) is 23.3 Å². The van der Waals surface area contributed by atoms with Gasteiger partial charge in [-0.25, -0.2) is 0 Å². The van der Waals surface area contributed by atoms with Crippen LogP contribution in [0.5, 0.6) is 0 Å². The summed E-state index contributed by atoms with van der Waals surface area (Å²) in [5, 5.41) is 0.909. The topological polar surface area (TPSA) is 3.24 Å². The van der Waals surface area contributed by atoms with Crippen LogP contribution in [-0.4, -0.2) is 18.4 Å². The molecule has 1 aromatic carbocycles. The van der Waals surface area contributed by atoms with Crippen LogP contribution in [0.3, 0.4) is 0 Å². The summed E-state index contributed by atoms with van der Waals surface area (Å²) in [6.07, 6.45) is -2.29. The highest BCUT2D eigenvalue weighted by molar-refractivity contribution is 9.09. The lowest BCUT2D eigenvalue weighted by molar-refractivity contribution is -0.137. The highest BCUT2D eigenvalue weighted by atomic mass is 79.9. The van der Waals surface area contributed by atoms with Crippen LogP contribution in [0.1, 0.15) is 18.4 Å². The zero-order chi connectivity index (χ0) is 13.2. The Labute approximate surface area is 113 Å². The Morgan fingerprint density at radius 1 is 1.28 bits per heavy atom. The molecule has 1 unspecified atom stereocenters. The second-order valence-electron chi connectivity index (χ2n) is 4.59. The number of alkyl halides is 4. The molecule has 100 valence electrons.